The van der Waals surface area contributed by atoms with E-state index in [2.05, 4.69) is 15.4 Å². The number of rotatable bonds is 4. The average Bonchev–Trinajstić information content (AvgIpc) is 2.83. The Balaban J connectivity index is 2.40. The Bertz CT molecular complexity index is 612. The molecule has 3 N–H and O–H groups in total. The van der Waals surface area contributed by atoms with Crippen LogP contribution in [0.5, 0.6) is 5.75 Å². The van der Waals surface area contributed by atoms with Crippen LogP contribution in [0.2, 0.25) is 0 Å². The maximum Gasteiger partial charge on any atom is 0.179 e. The third-order valence-corrected chi connectivity index (χ3v) is 4.22. The van der Waals surface area contributed by atoms with E-state index in [-0.39, 0.29) is 5.84 Å². The Morgan fingerprint density at radius 2 is 2.26 bits per heavy atom. The zero-order chi connectivity index (χ0) is 13.8. The Morgan fingerprint density at radius 3 is 2.84 bits per heavy atom. The molecule has 8 heteroatoms. The van der Waals surface area contributed by atoms with Gasteiger partial charge in [0.15, 0.2) is 10.2 Å². The van der Waals surface area contributed by atoms with Crippen molar-refractivity contribution < 1.29 is 9.94 Å². The van der Waals surface area contributed by atoms with Crippen LogP contribution in [0, 0.1) is 6.92 Å². The summed E-state index contributed by atoms with van der Waals surface area (Å²) in [6.45, 7) is 1.89. The minimum Gasteiger partial charge on any atom is -0.497 e. The summed E-state index contributed by atoms with van der Waals surface area (Å²) in [5, 5.41) is 20.7. The lowest BCUT2D eigenvalue weighted by Gasteiger charge is -2.08. The number of aryl methyl sites for hydroxylation is 1. The molecule has 0 atom stereocenters. The van der Waals surface area contributed by atoms with E-state index in [0.717, 1.165) is 14.2 Å². The number of amidine groups is 1. The number of oxime groups is 1. The smallest absolute Gasteiger partial charge is 0.179 e. The molecule has 2 rings (SSSR count). The van der Waals surface area contributed by atoms with E-state index < -0.39 is 0 Å². The highest BCUT2D eigenvalue weighted by molar-refractivity contribution is 8.01. The van der Waals surface area contributed by atoms with E-state index in [9.17, 15) is 0 Å². The first-order valence-corrected chi connectivity index (χ1v) is 6.91. The van der Waals surface area contributed by atoms with Crippen molar-refractivity contribution in [1.82, 2.24) is 10.2 Å². The van der Waals surface area contributed by atoms with Crippen LogP contribution in [0.25, 0.3) is 0 Å². The summed E-state index contributed by atoms with van der Waals surface area (Å²) in [4.78, 5) is 0.797. The molecule has 0 unspecified atom stereocenters. The lowest BCUT2D eigenvalue weighted by atomic mass is 10.2. The highest BCUT2D eigenvalue weighted by atomic mass is 32.2. The SMILES string of the molecule is COc1ccc(/C(N)=N/O)c(Sc2nnc(C)s2)c1. The van der Waals surface area contributed by atoms with Gasteiger partial charge in [0.1, 0.15) is 10.8 Å². The van der Waals surface area contributed by atoms with Gasteiger partial charge in [0.25, 0.3) is 0 Å². The largest absolute Gasteiger partial charge is 0.497 e. The van der Waals surface area contributed by atoms with Crippen molar-refractivity contribution in [3.63, 3.8) is 0 Å². The fourth-order valence-electron chi connectivity index (χ4n) is 1.39. The van der Waals surface area contributed by atoms with Crippen molar-refractivity contribution in [2.75, 3.05) is 7.11 Å². The summed E-state index contributed by atoms with van der Waals surface area (Å²) in [6.07, 6.45) is 0. The molecule has 1 aromatic heterocycles. The van der Waals surface area contributed by atoms with E-state index in [1.807, 2.05) is 13.0 Å². The van der Waals surface area contributed by atoms with Crippen LogP contribution >= 0.6 is 23.1 Å². The van der Waals surface area contributed by atoms with Crippen LogP contribution < -0.4 is 10.5 Å². The molecule has 0 aliphatic carbocycles. The molecule has 19 heavy (non-hydrogen) atoms. The molecule has 0 aliphatic heterocycles. The Morgan fingerprint density at radius 1 is 1.47 bits per heavy atom. The third-order valence-electron chi connectivity index (χ3n) is 2.28. The number of methoxy groups -OCH3 is 1. The third kappa shape index (κ3) is 3.15. The van der Waals surface area contributed by atoms with Crippen LogP contribution in [0.3, 0.4) is 0 Å². The highest BCUT2D eigenvalue weighted by Gasteiger charge is 2.12. The molecular weight excluding hydrogens is 284 g/mol. The zero-order valence-corrected chi connectivity index (χ0v) is 12.0. The quantitative estimate of drug-likeness (QED) is 0.388. The predicted octanol–water partition coefficient (Wildman–Crippen LogP) is 2.10. The monoisotopic (exact) mass is 296 g/mol. The molecule has 0 saturated carbocycles. The van der Waals surface area contributed by atoms with E-state index in [1.54, 1.807) is 19.2 Å². The van der Waals surface area contributed by atoms with Crippen molar-refractivity contribution in [2.45, 2.75) is 16.2 Å². The van der Waals surface area contributed by atoms with Crippen LogP contribution in [0.1, 0.15) is 10.6 Å². The summed E-state index contributed by atoms with van der Waals surface area (Å²) in [5.41, 5.74) is 6.28. The molecule has 0 saturated heterocycles. The lowest BCUT2D eigenvalue weighted by molar-refractivity contribution is 0.318. The molecule has 0 aliphatic rings. The number of hydrogen-bond acceptors (Lipinski definition) is 7. The number of hydrogen-bond donors (Lipinski definition) is 2. The number of benzene rings is 1. The summed E-state index contributed by atoms with van der Waals surface area (Å²) in [7, 11) is 1.59. The number of nitrogens with two attached hydrogens (primary N) is 1. The Kier molecular flexibility index (Phi) is 4.23. The van der Waals surface area contributed by atoms with E-state index >= 15 is 0 Å². The van der Waals surface area contributed by atoms with Crippen LogP contribution in [-0.2, 0) is 0 Å². The van der Waals surface area contributed by atoms with Crippen LogP contribution in [0.4, 0.5) is 0 Å². The molecule has 1 heterocycles. The summed E-state index contributed by atoms with van der Waals surface area (Å²) >= 11 is 2.88. The summed E-state index contributed by atoms with van der Waals surface area (Å²) < 4.78 is 5.97. The maximum absolute atomic E-state index is 8.81. The molecule has 0 radical (unpaired) electrons. The first-order valence-electron chi connectivity index (χ1n) is 5.28. The van der Waals surface area contributed by atoms with E-state index in [0.29, 0.717) is 11.3 Å². The van der Waals surface area contributed by atoms with Gasteiger partial charge in [0.2, 0.25) is 0 Å². The Hall–Kier alpha value is -1.80. The number of nitrogens with zero attached hydrogens (tertiary/aromatic N) is 3. The minimum atomic E-state index is 0.0476. The second kappa shape index (κ2) is 5.89. The molecule has 0 spiro atoms. The van der Waals surface area contributed by atoms with Crippen molar-refractivity contribution in [3.05, 3.63) is 28.8 Å². The molecule has 1 aromatic carbocycles. The van der Waals surface area contributed by atoms with Gasteiger partial charge in [0, 0.05) is 10.5 Å². The van der Waals surface area contributed by atoms with E-state index in [4.69, 9.17) is 15.7 Å². The van der Waals surface area contributed by atoms with Crippen molar-refractivity contribution in [3.8, 4) is 5.75 Å². The topological polar surface area (TPSA) is 93.6 Å². The Labute approximate surface area is 118 Å². The molecule has 6 nitrogen and oxygen atoms in total. The van der Waals surface area contributed by atoms with Gasteiger partial charge in [-0.3, -0.25) is 0 Å². The van der Waals surface area contributed by atoms with Gasteiger partial charge in [-0.15, -0.1) is 10.2 Å². The van der Waals surface area contributed by atoms with Gasteiger partial charge >= 0.3 is 0 Å². The second-order valence-corrected chi connectivity index (χ2v) is 6.01. The van der Waals surface area contributed by atoms with Gasteiger partial charge in [-0.25, -0.2) is 0 Å². The standard InChI is InChI=1S/C11H12N4O2S2/c1-6-13-14-11(18-6)19-9-5-7(17-2)3-4-8(9)10(12)15-16/h3-5,16H,1-2H3,(H2,12,15). The number of ether oxygens (including phenoxy) is 1. The van der Waals surface area contributed by atoms with Crippen molar-refractivity contribution in [2.24, 2.45) is 10.9 Å². The first kappa shape index (κ1) is 13.6. The van der Waals surface area contributed by atoms with Gasteiger partial charge in [-0.05, 0) is 25.1 Å². The summed E-state index contributed by atoms with van der Waals surface area (Å²) in [5.74, 6) is 0.740. The zero-order valence-electron chi connectivity index (χ0n) is 10.3. The fourth-order valence-corrected chi connectivity index (χ4v) is 3.33. The van der Waals surface area contributed by atoms with Gasteiger partial charge in [-0.2, -0.15) is 0 Å². The fraction of sp³-hybridized carbons (Fsp3) is 0.182. The average molecular weight is 296 g/mol. The van der Waals surface area contributed by atoms with Crippen molar-refractivity contribution >= 4 is 28.9 Å². The van der Waals surface area contributed by atoms with E-state index in [1.165, 1.54) is 23.1 Å². The van der Waals surface area contributed by atoms with Crippen molar-refractivity contribution in [1.29, 1.82) is 0 Å². The molecular formula is C11H12N4O2S2. The lowest BCUT2D eigenvalue weighted by Crippen LogP contribution is -2.14. The first-order chi connectivity index (χ1) is 9.13. The molecule has 0 bridgehead atoms. The predicted molar refractivity (Wildman–Crippen MR) is 74.3 cm³/mol. The van der Waals surface area contributed by atoms with Gasteiger partial charge in [-0.1, -0.05) is 28.3 Å². The van der Waals surface area contributed by atoms with Crippen LogP contribution in [-0.4, -0.2) is 28.4 Å². The minimum absolute atomic E-state index is 0.0476. The normalized spacial score (nSPS) is 11.6. The molecule has 2 aromatic rings. The summed E-state index contributed by atoms with van der Waals surface area (Å²) in [6, 6.07) is 5.31. The molecule has 0 fully saturated rings. The maximum atomic E-state index is 8.81. The molecule has 0 amide bonds. The van der Waals surface area contributed by atoms with Crippen LogP contribution in [0.15, 0.2) is 32.6 Å². The number of aromatic nitrogens is 2. The second-order valence-electron chi connectivity index (χ2n) is 3.54. The van der Waals surface area contributed by atoms with Gasteiger partial charge in [0.05, 0.1) is 7.11 Å². The highest BCUT2D eigenvalue weighted by Crippen LogP contribution is 2.34. The van der Waals surface area contributed by atoms with Gasteiger partial charge < -0.3 is 15.7 Å². The molecule has 100 valence electrons.